The second kappa shape index (κ2) is 11.0. The number of rotatable bonds is 10. The summed E-state index contributed by atoms with van der Waals surface area (Å²) in [5, 5.41) is 12.0. The number of nitrogens with one attached hydrogen (secondary N) is 1. The number of fused-ring (bicyclic) bond motifs is 1. The largest absolute Gasteiger partial charge is 0.485 e. The SMILES string of the molecule is C=CCn1c(SCC(=O)c2ccc(NC(=O)CCC)cc2)nnc1C1COc2ccccc2O1. The van der Waals surface area contributed by atoms with Crippen molar-refractivity contribution in [2.45, 2.75) is 37.6 Å². The lowest BCUT2D eigenvalue weighted by Gasteiger charge is -2.26. The summed E-state index contributed by atoms with van der Waals surface area (Å²) < 4.78 is 13.8. The smallest absolute Gasteiger partial charge is 0.224 e. The summed E-state index contributed by atoms with van der Waals surface area (Å²) in [6, 6.07) is 14.4. The molecule has 0 radical (unpaired) electrons. The summed E-state index contributed by atoms with van der Waals surface area (Å²) in [4.78, 5) is 24.5. The lowest BCUT2D eigenvalue weighted by Crippen LogP contribution is -2.25. The molecule has 4 rings (SSSR count). The summed E-state index contributed by atoms with van der Waals surface area (Å²) in [7, 11) is 0. The number of carbonyl (C=O) groups is 2. The maximum atomic E-state index is 12.7. The number of amides is 1. The van der Waals surface area contributed by atoms with Gasteiger partial charge in [-0.2, -0.15) is 0 Å². The fraction of sp³-hybridized carbons (Fsp3) is 0.280. The van der Waals surface area contributed by atoms with Crippen molar-refractivity contribution in [3.05, 3.63) is 72.6 Å². The third kappa shape index (κ3) is 5.48. The Balaban J connectivity index is 1.41. The molecule has 0 fully saturated rings. The van der Waals surface area contributed by atoms with Gasteiger partial charge in [0.1, 0.15) is 6.61 Å². The van der Waals surface area contributed by atoms with E-state index in [9.17, 15) is 9.59 Å². The number of aromatic nitrogens is 3. The van der Waals surface area contributed by atoms with E-state index in [4.69, 9.17) is 9.47 Å². The van der Waals surface area contributed by atoms with Crippen LogP contribution < -0.4 is 14.8 Å². The molecule has 1 aromatic heterocycles. The highest BCUT2D eigenvalue weighted by Crippen LogP contribution is 2.36. The van der Waals surface area contributed by atoms with Crippen molar-refractivity contribution >= 4 is 29.1 Å². The molecule has 0 spiro atoms. The first-order valence-corrected chi connectivity index (χ1v) is 12.1. The fourth-order valence-corrected chi connectivity index (χ4v) is 4.35. The second-order valence-corrected chi connectivity index (χ2v) is 8.63. The Bertz CT molecular complexity index is 1180. The second-order valence-electron chi connectivity index (χ2n) is 7.69. The van der Waals surface area contributed by atoms with Gasteiger partial charge in [-0.1, -0.05) is 36.9 Å². The van der Waals surface area contributed by atoms with E-state index in [2.05, 4.69) is 22.1 Å². The van der Waals surface area contributed by atoms with E-state index in [-0.39, 0.29) is 17.4 Å². The number of para-hydroxylation sites is 2. The van der Waals surface area contributed by atoms with E-state index in [1.807, 2.05) is 35.8 Å². The Labute approximate surface area is 202 Å². The van der Waals surface area contributed by atoms with Gasteiger partial charge in [0, 0.05) is 24.2 Å². The number of ether oxygens (including phenoxy) is 2. The Morgan fingerprint density at radius 3 is 2.68 bits per heavy atom. The molecule has 3 aromatic rings. The van der Waals surface area contributed by atoms with E-state index in [1.54, 1.807) is 30.3 Å². The predicted molar refractivity (Wildman–Crippen MR) is 131 cm³/mol. The molecular weight excluding hydrogens is 452 g/mol. The predicted octanol–water partition coefficient (Wildman–Crippen LogP) is 4.69. The molecule has 1 unspecified atom stereocenters. The molecule has 8 nitrogen and oxygen atoms in total. The van der Waals surface area contributed by atoms with Crippen molar-refractivity contribution in [3.63, 3.8) is 0 Å². The summed E-state index contributed by atoms with van der Waals surface area (Å²) in [6.45, 7) is 6.57. The van der Waals surface area contributed by atoms with E-state index in [0.29, 0.717) is 53.3 Å². The number of carbonyl (C=O) groups excluding carboxylic acids is 2. The molecule has 0 aliphatic carbocycles. The number of anilines is 1. The molecule has 9 heteroatoms. The van der Waals surface area contributed by atoms with Crippen molar-refractivity contribution in [2.75, 3.05) is 17.7 Å². The first-order chi connectivity index (χ1) is 16.6. The average Bonchev–Trinajstić information content (AvgIpc) is 3.25. The van der Waals surface area contributed by atoms with Crippen LogP contribution >= 0.6 is 11.8 Å². The molecular formula is C25H26N4O4S. The number of hydrogen-bond donors (Lipinski definition) is 1. The van der Waals surface area contributed by atoms with Crippen LogP contribution in [0.15, 0.2) is 66.3 Å². The number of ketones is 1. The molecule has 1 aliphatic heterocycles. The third-order valence-electron chi connectivity index (χ3n) is 5.15. The highest BCUT2D eigenvalue weighted by Gasteiger charge is 2.28. The highest BCUT2D eigenvalue weighted by atomic mass is 32.2. The van der Waals surface area contributed by atoms with Crippen LogP contribution in [0.4, 0.5) is 5.69 Å². The molecule has 1 N–H and O–H groups in total. The van der Waals surface area contributed by atoms with Gasteiger partial charge < -0.3 is 14.8 Å². The van der Waals surface area contributed by atoms with Gasteiger partial charge in [0.05, 0.1) is 5.75 Å². The molecule has 2 heterocycles. The van der Waals surface area contributed by atoms with Crippen LogP contribution in [0.1, 0.15) is 42.1 Å². The lowest BCUT2D eigenvalue weighted by atomic mass is 10.1. The zero-order valence-corrected chi connectivity index (χ0v) is 19.7. The van der Waals surface area contributed by atoms with Crippen LogP contribution in [0, 0.1) is 0 Å². The Hall–Kier alpha value is -3.59. The van der Waals surface area contributed by atoms with Gasteiger partial charge >= 0.3 is 0 Å². The molecule has 2 aromatic carbocycles. The Kier molecular flexibility index (Phi) is 7.64. The molecule has 1 aliphatic rings. The van der Waals surface area contributed by atoms with Gasteiger partial charge in [0.25, 0.3) is 0 Å². The van der Waals surface area contributed by atoms with Gasteiger partial charge in [-0.3, -0.25) is 14.2 Å². The number of hydrogen-bond acceptors (Lipinski definition) is 7. The maximum Gasteiger partial charge on any atom is 0.224 e. The van der Waals surface area contributed by atoms with Gasteiger partial charge in [0.2, 0.25) is 5.91 Å². The first kappa shape index (κ1) is 23.6. The monoisotopic (exact) mass is 478 g/mol. The summed E-state index contributed by atoms with van der Waals surface area (Å²) in [6.07, 6.45) is 2.59. The number of allylic oxidation sites excluding steroid dienone is 1. The molecule has 1 atom stereocenters. The fourth-order valence-electron chi connectivity index (χ4n) is 3.50. The molecule has 34 heavy (non-hydrogen) atoms. The lowest BCUT2D eigenvalue weighted by molar-refractivity contribution is -0.116. The summed E-state index contributed by atoms with van der Waals surface area (Å²) >= 11 is 1.31. The molecule has 0 saturated carbocycles. The molecule has 176 valence electrons. The molecule has 0 saturated heterocycles. The Morgan fingerprint density at radius 1 is 1.18 bits per heavy atom. The van der Waals surface area contributed by atoms with Crippen LogP contribution in [0.2, 0.25) is 0 Å². The van der Waals surface area contributed by atoms with E-state index in [1.165, 1.54) is 11.8 Å². The first-order valence-electron chi connectivity index (χ1n) is 11.1. The number of benzene rings is 2. The number of Topliss-reactive ketones (excluding diaryl/α,β-unsaturated/α-hetero) is 1. The van der Waals surface area contributed by atoms with Gasteiger partial charge in [-0.15, -0.1) is 16.8 Å². The Morgan fingerprint density at radius 2 is 1.94 bits per heavy atom. The maximum absolute atomic E-state index is 12.7. The standard InChI is InChI=1S/C25H26N4O4S/c1-3-7-23(31)26-18-12-10-17(11-13-18)19(30)16-34-25-28-27-24(29(25)14-4-2)22-15-32-20-8-5-6-9-21(20)33-22/h4-6,8-13,22H,2-3,7,14-16H2,1H3,(H,26,31). The van der Waals surface area contributed by atoms with Crippen molar-refractivity contribution in [1.29, 1.82) is 0 Å². The quantitative estimate of drug-likeness (QED) is 0.257. The van der Waals surface area contributed by atoms with E-state index < -0.39 is 6.10 Å². The van der Waals surface area contributed by atoms with Crippen molar-refractivity contribution in [3.8, 4) is 11.5 Å². The summed E-state index contributed by atoms with van der Waals surface area (Å²) in [5.74, 6) is 2.09. The van der Waals surface area contributed by atoms with Crippen LogP contribution in [0.25, 0.3) is 0 Å². The van der Waals surface area contributed by atoms with Gasteiger partial charge in [0.15, 0.2) is 34.4 Å². The third-order valence-corrected chi connectivity index (χ3v) is 6.12. The number of thioether (sulfide) groups is 1. The van der Waals surface area contributed by atoms with Crippen LogP contribution in [0.5, 0.6) is 11.5 Å². The molecule has 1 amide bonds. The minimum Gasteiger partial charge on any atom is -0.485 e. The van der Waals surface area contributed by atoms with Crippen molar-refractivity contribution in [1.82, 2.24) is 14.8 Å². The average molecular weight is 479 g/mol. The minimum absolute atomic E-state index is 0.0367. The van der Waals surface area contributed by atoms with Gasteiger partial charge in [-0.05, 0) is 42.8 Å². The zero-order chi connectivity index (χ0) is 23.9. The van der Waals surface area contributed by atoms with E-state index >= 15 is 0 Å². The van der Waals surface area contributed by atoms with Crippen molar-refractivity contribution < 1.29 is 19.1 Å². The highest BCUT2D eigenvalue weighted by molar-refractivity contribution is 7.99. The zero-order valence-electron chi connectivity index (χ0n) is 18.9. The van der Waals surface area contributed by atoms with Gasteiger partial charge in [-0.25, -0.2) is 0 Å². The van der Waals surface area contributed by atoms with Crippen LogP contribution in [-0.4, -0.2) is 38.8 Å². The normalized spacial score (nSPS) is 14.4. The molecule has 0 bridgehead atoms. The van der Waals surface area contributed by atoms with Crippen molar-refractivity contribution in [2.24, 2.45) is 0 Å². The van der Waals surface area contributed by atoms with Crippen LogP contribution in [-0.2, 0) is 11.3 Å². The minimum atomic E-state index is -0.414. The topological polar surface area (TPSA) is 95.3 Å². The number of nitrogens with zero attached hydrogens (tertiary/aromatic N) is 3. The summed E-state index contributed by atoms with van der Waals surface area (Å²) in [5.41, 5.74) is 1.24. The van der Waals surface area contributed by atoms with Crippen LogP contribution in [0.3, 0.4) is 0 Å². The van der Waals surface area contributed by atoms with E-state index in [0.717, 1.165) is 6.42 Å².